The average Bonchev–Trinajstić information content (AvgIpc) is 3.15. The Morgan fingerprint density at radius 2 is 2.00 bits per heavy atom. The maximum atomic E-state index is 11.9. The smallest absolute Gasteiger partial charge is 0.243 e. The van der Waals surface area contributed by atoms with E-state index in [9.17, 15) is 4.79 Å². The minimum atomic E-state index is -0.0219. The summed E-state index contributed by atoms with van der Waals surface area (Å²) >= 11 is 0. The SMILES string of the molecule is COc1ccc(CN(C)C(=NCC(=O)N(C)C)NCC2CCOC2)cc1.I. The number of rotatable bonds is 7. The first-order chi connectivity index (χ1) is 12.5. The van der Waals surface area contributed by atoms with Crippen LogP contribution in [0.4, 0.5) is 0 Å². The van der Waals surface area contributed by atoms with Gasteiger partial charge in [0.15, 0.2) is 5.96 Å². The molecule has 0 aromatic heterocycles. The number of hydrogen-bond acceptors (Lipinski definition) is 4. The molecule has 2 rings (SSSR count). The summed E-state index contributed by atoms with van der Waals surface area (Å²) in [4.78, 5) is 20.0. The first-order valence-corrected chi connectivity index (χ1v) is 8.90. The summed E-state index contributed by atoms with van der Waals surface area (Å²) in [6, 6.07) is 7.95. The average molecular weight is 490 g/mol. The van der Waals surface area contributed by atoms with Crippen LogP contribution >= 0.6 is 24.0 Å². The van der Waals surface area contributed by atoms with Crippen molar-refractivity contribution in [3.63, 3.8) is 0 Å². The van der Waals surface area contributed by atoms with Crippen LogP contribution in [0.5, 0.6) is 5.75 Å². The van der Waals surface area contributed by atoms with Crippen LogP contribution in [0.15, 0.2) is 29.3 Å². The number of nitrogens with zero attached hydrogens (tertiary/aromatic N) is 3. The second-order valence-electron chi connectivity index (χ2n) is 6.74. The summed E-state index contributed by atoms with van der Waals surface area (Å²) in [5, 5.41) is 3.40. The number of methoxy groups -OCH3 is 1. The quantitative estimate of drug-likeness (QED) is 0.359. The van der Waals surface area contributed by atoms with Crippen molar-refractivity contribution in [1.82, 2.24) is 15.1 Å². The van der Waals surface area contributed by atoms with E-state index in [4.69, 9.17) is 9.47 Å². The molecule has 0 aliphatic carbocycles. The summed E-state index contributed by atoms with van der Waals surface area (Å²) in [6.07, 6.45) is 1.05. The minimum absolute atomic E-state index is 0. The van der Waals surface area contributed by atoms with E-state index in [2.05, 4.69) is 10.3 Å². The number of nitrogens with one attached hydrogen (secondary N) is 1. The van der Waals surface area contributed by atoms with Crippen molar-refractivity contribution in [2.24, 2.45) is 10.9 Å². The monoisotopic (exact) mass is 490 g/mol. The molecular weight excluding hydrogens is 459 g/mol. The third-order valence-corrected chi connectivity index (χ3v) is 4.38. The molecule has 7 nitrogen and oxygen atoms in total. The van der Waals surface area contributed by atoms with E-state index in [1.807, 2.05) is 36.2 Å². The summed E-state index contributed by atoms with van der Waals surface area (Å²) < 4.78 is 10.6. The minimum Gasteiger partial charge on any atom is -0.497 e. The molecule has 1 saturated heterocycles. The van der Waals surface area contributed by atoms with Crippen molar-refractivity contribution in [3.05, 3.63) is 29.8 Å². The number of amides is 1. The number of carbonyl (C=O) groups excluding carboxylic acids is 1. The molecule has 1 aliphatic heterocycles. The van der Waals surface area contributed by atoms with Crippen LogP contribution in [-0.2, 0) is 16.1 Å². The van der Waals surface area contributed by atoms with Gasteiger partial charge in [-0.25, -0.2) is 4.99 Å². The lowest BCUT2D eigenvalue weighted by Gasteiger charge is -2.24. The highest BCUT2D eigenvalue weighted by Gasteiger charge is 2.17. The number of halogens is 1. The molecule has 1 amide bonds. The fourth-order valence-electron chi connectivity index (χ4n) is 2.66. The van der Waals surface area contributed by atoms with E-state index >= 15 is 0 Å². The number of guanidine groups is 1. The highest BCUT2D eigenvalue weighted by molar-refractivity contribution is 14.0. The first-order valence-electron chi connectivity index (χ1n) is 8.90. The fraction of sp³-hybridized carbons (Fsp3) is 0.579. The second-order valence-corrected chi connectivity index (χ2v) is 6.74. The van der Waals surface area contributed by atoms with E-state index in [1.165, 1.54) is 0 Å². The van der Waals surface area contributed by atoms with Crippen molar-refractivity contribution in [3.8, 4) is 5.75 Å². The van der Waals surface area contributed by atoms with Crippen LogP contribution in [0.2, 0.25) is 0 Å². The third-order valence-electron chi connectivity index (χ3n) is 4.38. The van der Waals surface area contributed by atoms with Crippen molar-refractivity contribution < 1.29 is 14.3 Å². The first kappa shape index (κ1) is 23.5. The van der Waals surface area contributed by atoms with Crippen LogP contribution in [-0.4, -0.2) is 76.2 Å². The molecule has 1 heterocycles. The molecular formula is C19H31IN4O3. The molecule has 8 heteroatoms. The number of benzene rings is 1. The van der Waals surface area contributed by atoms with E-state index in [0.717, 1.165) is 43.5 Å². The van der Waals surface area contributed by atoms with Gasteiger partial charge in [-0.3, -0.25) is 4.79 Å². The molecule has 1 aromatic carbocycles. The molecule has 0 saturated carbocycles. The lowest BCUT2D eigenvalue weighted by Crippen LogP contribution is -2.41. The van der Waals surface area contributed by atoms with Gasteiger partial charge in [0.05, 0.1) is 13.7 Å². The molecule has 1 aromatic rings. The van der Waals surface area contributed by atoms with Crippen LogP contribution in [0.1, 0.15) is 12.0 Å². The number of aliphatic imine (C=N–C) groups is 1. The van der Waals surface area contributed by atoms with Crippen LogP contribution in [0.3, 0.4) is 0 Å². The Hall–Kier alpha value is -1.55. The van der Waals surface area contributed by atoms with Gasteiger partial charge >= 0.3 is 0 Å². The summed E-state index contributed by atoms with van der Waals surface area (Å²) in [5.41, 5.74) is 1.14. The van der Waals surface area contributed by atoms with Gasteiger partial charge in [-0.2, -0.15) is 0 Å². The summed E-state index contributed by atoms with van der Waals surface area (Å²) in [5.74, 6) is 2.02. The zero-order chi connectivity index (χ0) is 18.9. The van der Waals surface area contributed by atoms with Crippen molar-refractivity contribution in [2.45, 2.75) is 13.0 Å². The van der Waals surface area contributed by atoms with Crippen molar-refractivity contribution in [2.75, 3.05) is 54.6 Å². The standard InChI is InChI=1S/C19H30N4O3.HI/c1-22(2)18(24)12-21-19(20-11-16-9-10-26-14-16)23(3)13-15-5-7-17(25-4)8-6-15;/h5-8,16H,9-14H2,1-4H3,(H,20,21);1H. The van der Waals surface area contributed by atoms with Gasteiger partial charge in [-0.05, 0) is 24.1 Å². The Kier molecular flexibility index (Phi) is 10.5. The van der Waals surface area contributed by atoms with Gasteiger partial charge in [0.1, 0.15) is 12.3 Å². The van der Waals surface area contributed by atoms with Gasteiger partial charge in [0.25, 0.3) is 0 Å². The fourth-order valence-corrected chi connectivity index (χ4v) is 2.66. The normalized spacial score (nSPS) is 16.4. The Morgan fingerprint density at radius 3 is 2.56 bits per heavy atom. The summed E-state index contributed by atoms with van der Waals surface area (Å²) in [7, 11) is 7.11. The Labute approximate surface area is 179 Å². The van der Waals surface area contributed by atoms with Gasteiger partial charge in [0, 0.05) is 46.8 Å². The molecule has 0 radical (unpaired) electrons. The van der Waals surface area contributed by atoms with E-state index in [-0.39, 0.29) is 36.4 Å². The molecule has 0 spiro atoms. The van der Waals surface area contributed by atoms with Gasteiger partial charge < -0.3 is 24.6 Å². The maximum absolute atomic E-state index is 11.9. The Morgan fingerprint density at radius 1 is 1.30 bits per heavy atom. The molecule has 1 atom stereocenters. The second kappa shape index (κ2) is 12.0. The number of ether oxygens (including phenoxy) is 2. The zero-order valence-corrected chi connectivity index (χ0v) is 18.9. The van der Waals surface area contributed by atoms with Crippen molar-refractivity contribution >= 4 is 35.8 Å². The van der Waals surface area contributed by atoms with Crippen LogP contribution < -0.4 is 10.1 Å². The number of carbonyl (C=O) groups is 1. The molecule has 1 fully saturated rings. The third kappa shape index (κ3) is 7.92. The molecule has 1 N–H and O–H groups in total. The van der Waals surface area contributed by atoms with Crippen LogP contribution in [0, 0.1) is 5.92 Å². The molecule has 1 aliphatic rings. The van der Waals surface area contributed by atoms with E-state index in [0.29, 0.717) is 12.5 Å². The van der Waals surface area contributed by atoms with Gasteiger partial charge in [-0.15, -0.1) is 24.0 Å². The predicted molar refractivity (Wildman–Crippen MR) is 118 cm³/mol. The number of hydrogen-bond donors (Lipinski definition) is 1. The molecule has 1 unspecified atom stereocenters. The lowest BCUT2D eigenvalue weighted by atomic mass is 10.1. The Bertz CT molecular complexity index is 601. The maximum Gasteiger partial charge on any atom is 0.243 e. The largest absolute Gasteiger partial charge is 0.497 e. The van der Waals surface area contributed by atoms with Crippen molar-refractivity contribution in [1.29, 1.82) is 0 Å². The zero-order valence-electron chi connectivity index (χ0n) is 16.6. The van der Waals surface area contributed by atoms with Gasteiger partial charge in [-0.1, -0.05) is 12.1 Å². The number of likely N-dealkylation sites (N-methyl/N-ethyl adjacent to an activating group) is 1. The highest BCUT2D eigenvalue weighted by Crippen LogP contribution is 2.13. The summed E-state index contributed by atoms with van der Waals surface area (Å²) in [6.45, 7) is 3.21. The van der Waals surface area contributed by atoms with Crippen LogP contribution in [0.25, 0.3) is 0 Å². The topological polar surface area (TPSA) is 66.4 Å². The molecule has 0 bridgehead atoms. The van der Waals surface area contributed by atoms with E-state index < -0.39 is 0 Å². The Balaban J connectivity index is 0.00000364. The molecule has 27 heavy (non-hydrogen) atoms. The lowest BCUT2D eigenvalue weighted by molar-refractivity contribution is -0.127. The predicted octanol–water partition coefficient (Wildman–Crippen LogP) is 1.82. The highest BCUT2D eigenvalue weighted by atomic mass is 127. The molecule has 152 valence electrons. The van der Waals surface area contributed by atoms with E-state index in [1.54, 1.807) is 26.1 Å². The van der Waals surface area contributed by atoms with Gasteiger partial charge in [0.2, 0.25) is 5.91 Å².